The highest BCUT2D eigenvalue weighted by atomic mass is 16.5. The van der Waals surface area contributed by atoms with E-state index in [9.17, 15) is 4.79 Å². The molecule has 0 saturated carbocycles. The summed E-state index contributed by atoms with van der Waals surface area (Å²) in [5.74, 6) is -0.119. The van der Waals surface area contributed by atoms with E-state index in [1.165, 1.54) is 5.56 Å². The van der Waals surface area contributed by atoms with Gasteiger partial charge in [0, 0.05) is 27.3 Å². The number of hydrogen-bond acceptors (Lipinski definition) is 4. The predicted octanol–water partition coefficient (Wildman–Crippen LogP) is 1.99. The van der Waals surface area contributed by atoms with E-state index in [0.29, 0.717) is 18.8 Å². The van der Waals surface area contributed by atoms with Crippen LogP contribution in [0.15, 0.2) is 24.3 Å². The minimum absolute atomic E-state index is 0.119. The number of rotatable bonds is 6. The van der Waals surface area contributed by atoms with E-state index in [2.05, 4.69) is 10.3 Å². The molecule has 1 amide bonds. The van der Waals surface area contributed by atoms with E-state index in [1.54, 1.807) is 23.7 Å². The maximum atomic E-state index is 12.4. The number of carbonyl (C=O) groups is 1. The van der Waals surface area contributed by atoms with E-state index < -0.39 is 0 Å². The highest BCUT2D eigenvalue weighted by molar-refractivity contribution is 5.93. The molecule has 0 N–H and O–H groups in total. The van der Waals surface area contributed by atoms with E-state index in [0.717, 1.165) is 17.8 Å². The van der Waals surface area contributed by atoms with Gasteiger partial charge in [0.2, 0.25) is 0 Å². The van der Waals surface area contributed by atoms with Crippen molar-refractivity contribution >= 4 is 5.91 Å². The fraction of sp³-hybridized carbons (Fsp3) is 0.438. The summed E-state index contributed by atoms with van der Waals surface area (Å²) in [4.78, 5) is 14.1. The molecular weight excluding hydrogens is 280 g/mol. The minimum atomic E-state index is -0.119. The number of aromatic nitrogens is 3. The first-order valence-electron chi connectivity index (χ1n) is 7.28. The van der Waals surface area contributed by atoms with Crippen LogP contribution in [0.5, 0.6) is 0 Å². The normalized spacial score (nSPS) is 10.7. The van der Waals surface area contributed by atoms with Crippen LogP contribution < -0.4 is 0 Å². The van der Waals surface area contributed by atoms with E-state index >= 15 is 0 Å². The van der Waals surface area contributed by atoms with Crippen molar-refractivity contribution in [3.63, 3.8) is 0 Å². The van der Waals surface area contributed by atoms with Gasteiger partial charge in [-0.05, 0) is 32.4 Å². The lowest BCUT2D eigenvalue weighted by Gasteiger charge is -2.15. The standard InChI is InChI=1S/C16H22N4O2/c1-12-6-8-14(9-7-12)20-13(2)15(17-18-20)16(21)19(3)10-5-11-22-4/h6-9H,5,10-11H2,1-4H3. The van der Waals surface area contributed by atoms with Crippen molar-refractivity contribution in [1.29, 1.82) is 0 Å². The van der Waals surface area contributed by atoms with Crippen molar-refractivity contribution in [2.75, 3.05) is 27.3 Å². The largest absolute Gasteiger partial charge is 0.385 e. The lowest BCUT2D eigenvalue weighted by molar-refractivity contribution is 0.0773. The lowest BCUT2D eigenvalue weighted by atomic mass is 10.2. The third-order valence-electron chi connectivity index (χ3n) is 3.56. The molecule has 0 fully saturated rings. The van der Waals surface area contributed by atoms with Gasteiger partial charge in [-0.2, -0.15) is 0 Å². The lowest BCUT2D eigenvalue weighted by Crippen LogP contribution is -2.29. The second-order valence-electron chi connectivity index (χ2n) is 5.34. The zero-order chi connectivity index (χ0) is 16.1. The Bertz CT molecular complexity index is 634. The fourth-order valence-electron chi connectivity index (χ4n) is 2.19. The molecule has 22 heavy (non-hydrogen) atoms. The first kappa shape index (κ1) is 16.2. The van der Waals surface area contributed by atoms with Crippen LogP contribution in [0, 0.1) is 13.8 Å². The van der Waals surface area contributed by atoms with Gasteiger partial charge >= 0.3 is 0 Å². The van der Waals surface area contributed by atoms with Crippen LogP contribution in [0.1, 0.15) is 28.2 Å². The minimum Gasteiger partial charge on any atom is -0.385 e. The zero-order valence-electron chi connectivity index (χ0n) is 13.5. The molecule has 0 aliphatic rings. The van der Waals surface area contributed by atoms with Crippen LogP contribution in [-0.4, -0.2) is 53.1 Å². The van der Waals surface area contributed by atoms with Gasteiger partial charge in [-0.1, -0.05) is 22.9 Å². The molecule has 6 heteroatoms. The number of nitrogens with zero attached hydrogens (tertiary/aromatic N) is 4. The first-order valence-corrected chi connectivity index (χ1v) is 7.28. The quantitative estimate of drug-likeness (QED) is 0.766. The van der Waals surface area contributed by atoms with E-state index in [4.69, 9.17) is 4.74 Å². The van der Waals surface area contributed by atoms with Crippen LogP contribution in [0.25, 0.3) is 5.69 Å². The van der Waals surface area contributed by atoms with Gasteiger partial charge in [-0.3, -0.25) is 4.79 Å². The number of carbonyl (C=O) groups excluding carboxylic acids is 1. The fourth-order valence-corrected chi connectivity index (χ4v) is 2.19. The summed E-state index contributed by atoms with van der Waals surface area (Å²) in [5, 5.41) is 8.16. The van der Waals surface area contributed by atoms with Gasteiger partial charge in [0.05, 0.1) is 11.4 Å². The Morgan fingerprint density at radius 1 is 1.27 bits per heavy atom. The molecule has 0 radical (unpaired) electrons. The van der Waals surface area contributed by atoms with Gasteiger partial charge in [0.15, 0.2) is 5.69 Å². The number of amides is 1. The van der Waals surface area contributed by atoms with Crippen molar-refractivity contribution in [2.45, 2.75) is 20.3 Å². The highest BCUT2D eigenvalue weighted by Gasteiger charge is 2.20. The van der Waals surface area contributed by atoms with Crippen molar-refractivity contribution in [3.05, 3.63) is 41.2 Å². The molecule has 1 heterocycles. The van der Waals surface area contributed by atoms with E-state index in [-0.39, 0.29) is 5.91 Å². The third-order valence-corrected chi connectivity index (χ3v) is 3.56. The number of methoxy groups -OCH3 is 1. The van der Waals surface area contributed by atoms with Gasteiger partial charge in [0.25, 0.3) is 5.91 Å². The molecule has 2 aromatic rings. The molecule has 1 aromatic carbocycles. The third kappa shape index (κ3) is 3.51. The number of hydrogen-bond donors (Lipinski definition) is 0. The number of ether oxygens (including phenoxy) is 1. The molecule has 0 atom stereocenters. The van der Waals surface area contributed by atoms with Crippen molar-refractivity contribution < 1.29 is 9.53 Å². The molecule has 0 aliphatic carbocycles. The van der Waals surface area contributed by atoms with Gasteiger partial charge in [-0.25, -0.2) is 4.68 Å². The number of benzene rings is 1. The smallest absolute Gasteiger partial charge is 0.276 e. The maximum absolute atomic E-state index is 12.4. The van der Waals surface area contributed by atoms with Crippen LogP contribution in [0.3, 0.4) is 0 Å². The van der Waals surface area contributed by atoms with Gasteiger partial charge < -0.3 is 9.64 Å². The first-order chi connectivity index (χ1) is 10.5. The molecule has 0 unspecified atom stereocenters. The monoisotopic (exact) mass is 302 g/mol. The summed E-state index contributed by atoms with van der Waals surface area (Å²) in [6.07, 6.45) is 0.796. The SMILES string of the molecule is COCCCN(C)C(=O)c1nnn(-c2ccc(C)cc2)c1C. The molecule has 2 rings (SSSR count). The van der Waals surface area contributed by atoms with Crippen molar-refractivity contribution in [1.82, 2.24) is 19.9 Å². The Morgan fingerprint density at radius 3 is 2.59 bits per heavy atom. The molecule has 0 aliphatic heterocycles. The summed E-state index contributed by atoms with van der Waals surface area (Å²) in [5.41, 5.74) is 3.21. The summed E-state index contributed by atoms with van der Waals surface area (Å²) in [6.45, 7) is 5.15. The summed E-state index contributed by atoms with van der Waals surface area (Å²) in [7, 11) is 3.42. The highest BCUT2D eigenvalue weighted by Crippen LogP contribution is 2.14. The Hall–Kier alpha value is -2.21. The Labute approximate surface area is 130 Å². The van der Waals surface area contributed by atoms with Crippen LogP contribution in [0.4, 0.5) is 0 Å². The van der Waals surface area contributed by atoms with E-state index in [1.807, 2.05) is 38.1 Å². The molecular formula is C16H22N4O2. The van der Waals surface area contributed by atoms with Crippen LogP contribution >= 0.6 is 0 Å². The average Bonchev–Trinajstić information content (AvgIpc) is 2.89. The average molecular weight is 302 g/mol. The second-order valence-corrected chi connectivity index (χ2v) is 5.34. The Balaban J connectivity index is 2.16. The summed E-state index contributed by atoms with van der Waals surface area (Å²) in [6, 6.07) is 7.95. The predicted molar refractivity (Wildman–Crippen MR) is 84.3 cm³/mol. The Morgan fingerprint density at radius 2 is 1.95 bits per heavy atom. The molecule has 0 spiro atoms. The molecule has 0 saturated heterocycles. The molecule has 118 valence electrons. The second kappa shape index (κ2) is 7.17. The maximum Gasteiger partial charge on any atom is 0.276 e. The van der Waals surface area contributed by atoms with Gasteiger partial charge in [0.1, 0.15) is 0 Å². The van der Waals surface area contributed by atoms with Crippen LogP contribution in [-0.2, 0) is 4.74 Å². The van der Waals surface area contributed by atoms with Crippen molar-refractivity contribution in [2.24, 2.45) is 0 Å². The number of aryl methyl sites for hydroxylation is 1. The summed E-state index contributed by atoms with van der Waals surface area (Å²) >= 11 is 0. The Kier molecular flexibility index (Phi) is 5.27. The topological polar surface area (TPSA) is 60.2 Å². The molecule has 6 nitrogen and oxygen atoms in total. The zero-order valence-corrected chi connectivity index (χ0v) is 13.5. The van der Waals surface area contributed by atoms with Crippen molar-refractivity contribution in [3.8, 4) is 5.69 Å². The molecule has 1 aromatic heterocycles. The molecule has 0 bridgehead atoms. The van der Waals surface area contributed by atoms with Crippen LogP contribution in [0.2, 0.25) is 0 Å². The van der Waals surface area contributed by atoms with Gasteiger partial charge in [-0.15, -0.1) is 5.10 Å². The summed E-state index contributed by atoms with van der Waals surface area (Å²) < 4.78 is 6.69.